The second-order valence-electron chi connectivity index (χ2n) is 6.49. The molecule has 3 rings (SSSR count). The average molecular weight is 449 g/mol. The number of rotatable bonds is 9. The molecule has 0 saturated carbocycles. The summed E-state index contributed by atoms with van der Waals surface area (Å²) in [7, 11) is 0. The molecular formula is C20H18ClFN4O3S. The molecule has 3 aromatic rings. The third kappa shape index (κ3) is 4.69. The van der Waals surface area contributed by atoms with E-state index in [9.17, 15) is 19.1 Å². The molecular weight excluding hydrogens is 431 g/mol. The number of Topliss-reactive ketones (excluding diaryl/α,β-unsaturated/α-hetero) is 1. The van der Waals surface area contributed by atoms with Crippen LogP contribution in [0.25, 0.3) is 0 Å². The van der Waals surface area contributed by atoms with Gasteiger partial charge in [0.2, 0.25) is 0 Å². The van der Waals surface area contributed by atoms with E-state index in [2.05, 4.69) is 10.1 Å². The SMILES string of the molecule is N[C@@H](CS[C@@](Cn1cncn1)(C(=O)c1ccccc1Cl)c1ccc(F)cc1)C(=O)O. The first-order valence-electron chi connectivity index (χ1n) is 8.83. The zero-order chi connectivity index (χ0) is 21.7. The van der Waals surface area contributed by atoms with Crippen LogP contribution >= 0.6 is 23.4 Å². The quantitative estimate of drug-likeness (QED) is 0.484. The van der Waals surface area contributed by atoms with Gasteiger partial charge in [-0.05, 0) is 29.8 Å². The fraction of sp³-hybridized carbons (Fsp3) is 0.200. The van der Waals surface area contributed by atoms with Crippen LogP contribution in [0.15, 0.2) is 61.2 Å². The summed E-state index contributed by atoms with van der Waals surface area (Å²) in [5.74, 6) is -2.11. The molecule has 0 bridgehead atoms. The summed E-state index contributed by atoms with van der Waals surface area (Å²) >= 11 is 7.34. The smallest absolute Gasteiger partial charge is 0.321 e. The maximum absolute atomic E-state index is 13.8. The summed E-state index contributed by atoms with van der Waals surface area (Å²) in [5, 5.41) is 13.6. The zero-order valence-electron chi connectivity index (χ0n) is 15.6. The summed E-state index contributed by atoms with van der Waals surface area (Å²) in [4.78, 5) is 29.0. The topological polar surface area (TPSA) is 111 Å². The molecule has 0 aliphatic rings. The number of nitrogens with two attached hydrogens (primary N) is 1. The number of carboxylic acid groups (broad SMARTS) is 1. The summed E-state index contributed by atoms with van der Waals surface area (Å²) < 4.78 is 13.7. The number of hydrogen-bond acceptors (Lipinski definition) is 6. The number of ketones is 1. The first-order chi connectivity index (χ1) is 14.3. The van der Waals surface area contributed by atoms with Crippen molar-refractivity contribution in [2.75, 3.05) is 5.75 Å². The first kappa shape index (κ1) is 21.9. The Hall–Kier alpha value is -2.75. The molecule has 0 aliphatic heterocycles. The van der Waals surface area contributed by atoms with Crippen molar-refractivity contribution in [2.24, 2.45) is 5.73 Å². The van der Waals surface area contributed by atoms with Gasteiger partial charge in [0.05, 0.1) is 11.6 Å². The summed E-state index contributed by atoms with van der Waals surface area (Å²) in [6.45, 7) is 0.0136. The Kier molecular flexibility index (Phi) is 6.86. The number of hydrogen-bond donors (Lipinski definition) is 2. The van der Waals surface area contributed by atoms with Crippen molar-refractivity contribution in [3.05, 3.63) is 83.2 Å². The second kappa shape index (κ2) is 9.38. The number of halogens is 2. The first-order valence-corrected chi connectivity index (χ1v) is 10.2. The van der Waals surface area contributed by atoms with Gasteiger partial charge in [-0.15, -0.1) is 11.8 Å². The molecule has 0 radical (unpaired) electrons. The highest BCUT2D eigenvalue weighted by Crippen LogP contribution is 2.42. The lowest BCUT2D eigenvalue weighted by Gasteiger charge is -2.33. The third-order valence-electron chi connectivity index (χ3n) is 4.47. The van der Waals surface area contributed by atoms with Crippen LogP contribution in [0.1, 0.15) is 15.9 Å². The lowest BCUT2D eigenvalue weighted by molar-refractivity contribution is -0.137. The van der Waals surface area contributed by atoms with Gasteiger partial charge in [-0.3, -0.25) is 14.3 Å². The Bertz CT molecular complexity index is 1030. The molecule has 7 nitrogen and oxygen atoms in total. The van der Waals surface area contributed by atoms with E-state index in [1.165, 1.54) is 41.6 Å². The minimum absolute atomic E-state index is 0.0136. The van der Waals surface area contributed by atoms with E-state index in [1.807, 2.05) is 0 Å². The molecule has 0 unspecified atom stereocenters. The maximum Gasteiger partial charge on any atom is 0.321 e. The van der Waals surface area contributed by atoms with Crippen molar-refractivity contribution >= 4 is 35.1 Å². The predicted octanol–water partition coefficient (Wildman–Crippen LogP) is 2.99. The molecule has 10 heteroatoms. The molecule has 3 N–H and O–H groups in total. The number of benzene rings is 2. The van der Waals surface area contributed by atoms with Crippen LogP contribution in [0.2, 0.25) is 5.02 Å². The largest absolute Gasteiger partial charge is 0.480 e. The standard InChI is InChI=1S/C20H18ClFN4O3S/c21-16-4-2-1-3-15(16)18(27)20(10-26-12-24-11-25-26,30-9-17(23)19(28)29)13-5-7-14(22)8-6-13/h1-8,11-12,17H,9-10,23H2,(H,28,29)/t17-,20+/m0/s1. The van der Waals surface area contributed by atoms with Gasteiger partial charge in [-0.25, -0.2) is 9.37 Å². The Labute approximate surface area is 181 Å². The van der Waals surface area contributed by atoms with Crippen molar-refractivity contribution in [3.63, 3.8) is 0 Å². The Morgan fingerprint density at radius 2 is 1.93 bits per heavy atom. The van der Waals surface area contributed by atoms with E-state index in [4.69, 9.17) is 17.3 Å². The molecule has 30 heavy (non-hydrogen) atoms. The molecule has 0 amide bonds. The number of thioether (sulfide) groups is 1. The van der Waals surface area contributed by atoms with Crippen molar-refractivity contribution in [2.45, 2.75) is 17.3 Å². The Balaban J connectivity index is 2.16. The van der Waals surface area contributed by atoms with Crippen molar-refractivity contribution < 1.29 is 19.1 Å². The number of aliphatic carboxylic acids is 1. The van der Waals surface area contributed by atoms with E-state index in [1.54, 1.807) is 24.3 Å². The number of aromatic nitrogens is 3. The second-order valence-corrected chi connectivity index (χ2v) is 8.22. The van der Waals surface area contributed by atoms with Crippen LogP contribution < -0.4 is 5.73 Å². The van der Waals surface area contributed by atoms with E-state index in [0.717, 1.165) is 11.8 Å². The fourth-order valence-electron chi connectivity index (χ4n) is 2.92. The Morgan fingerprint density at radius 3 is 2.53 bits per heavy atom. The van der Waals surface area contributed by atoms with E-state index >= 15 is 0 Å². The van der Waals surface area contributed by atoms with Gasteiger partial charge < -0.3 is 10.8 Å². The Morgan fingerprint density at radius 1 is 1.23 bits per heavy atom. The number of carbonyl (C=O) groups is 2. The van der Waals surface area contributed by atoms with E-state index < -0.39 is 22.6 Å². The van der Waals surface area contributed by atoms with Crippen LogP contribution in [0.3, 0.4) is 0 Å². The summed E-state index contributed by atoms with van der Waals surface area (Å²) in [6, 6.07) is 10.8. The molecule has 1 aromatic heterocycles. The van der Waals surface area contributed by atoms with E-state index in [-0.39, 0.29) is 28.7 Å². The van der Waals surface area contributed by atoms with Crippen LogP contribution in [-0.4, -0.2) is 43.4 Å². The van der Waals surface area contributed by atoms with Gasteiger partial charge in [0.15, 0.2) is 5.78 Å². The monoisotopic (exact) mass is 448 g/mol. The lowest BCUT2D eigenvalue weighted by atomic mass is 9.89. The molecule has 0 fully saturated rings. The number of carboxylic acids is 1. The normalized spacial score (nSPS) is 14.1. The van der Waals surface area contributed by atoms with Crippen LogP contribution in [0.4, 0.5) is 4.39 Å². The van der Waals surface area contributed by atoms with Crippen LogP contribution in [0.5, 0.6) is 0 Å². The minimum atomic E-state index is -1.38. The van der Waals surface area contributed by atoms with E-state index in [0.29, 0.717) is 5.56 Å². The molecule has 2 aromatic carbocycles. The maximum atomic E-state index is 13.8. The van der Waals surface area contributed by atoms with Crippen molar-refractivity contribution in [1.29, 1.82) is 0 Å². The van der Waals surface area contributed by atoms with Gasteiger partial charge in [0.25, 0.3) is 0 Å². The molecule has 156 valence electrons. The third-order valence-corrected chi connectivity index (χ3v) is 6.37. The van der Waals surface area contributed by atoms with Gasteiger partial charge in [-0.2, -0.15) is 5.10 Å². The summed E-state index contributed by atoms with van der Waals surface area (Å²) in [5.41, 5.74) is 6.43. The fourth-order valence-corrected chi connectivity index (χ4v) is 4.51. The lowest BCUT2D eigenvalue weighted by Crippen LogP contribution is -2.41. The highest BCUT2D eigenvalue weighted by molar-refractivity contribution is 8.01. The molecule has 1 heterocycles. The van der Waals surface area contributed by atoms with Gasteiger partial charge in [0.1, 0.15) is 29.3 Å². The number of carbonyl (C=O) groups excluding carboxylic acids is 1. The van der Waals surface area contributed by atoms with Crippen LogP contribution in [-0.2, 0) is 16.1 Å². The molecule has 0 aliphatic carbocycles. The molecule has 0 saturated heterocycles. The van der Waals surface area contributed by atoms with Gasteiger partial charge in [-0.1, -0.05) is 35.9 Å². The highest BCUT2D eigenvalue weighted by atomic mass is 35.5. The van der Waals surface area contributed by atoms with Gasteiger partial charge in [0, 0.05) is 11.3 Å². The zero-order valence-corrected chi connectivity index (χ0v) is 17.2. The van der Waals surface area contributed by atoms with Gasteiger partial charge >= 0.3 is 5.97 Å². The predicted molar refractivity (Wildman–Crippen MR) is 112 cm³/mol. The van der Waals surface area contributed by atoms with Crippen molar-refractivity contribution in [1.82, 2.24) is 14.8 Å². The minimum Gasteiger partial charge on any atom is -0.480 e. The molecule has 0 spiro atoms. The van der Waals surface area contributed by atoms with Crippen molar-refractivity contribution in [3.8, 4) is 0 Å². The molecule has 2 atom stereocenters. The number of nitrogens with zero attached hydrogens (tertiary/aromatic N) is 3. The summed E-state index contributed by atoms with van der Waals surface area (Å²) in [6.07, 6.45) is 2.76. The highest BCUT2D eigenvalue weighted by Gasteiger charge is 2.43. The van der Waals surface area contributed by atoms with Crippen LogP contribution in [0, 0.1) is 5.82 Å². The average Bonchev–Trinajstić information content (AvgIpc) is 3.24.